The maximum atomic E-state index is 10.1. The molecule has 0 bridgehead atoms. The highest BCUT2D eigenvalue weighted by molar-refractivity contribution is 7.10. The molecule has 0 aliphatic carbocycles. The van der Waals surface area contributed by atoms with Gasteiger partial charge in [0.2, 0.25) is 0 Å². The van der Waals surface area contributed by atoms with Crippen LogP contribution in [0.15, 0.2) is 23.8 Å². The first kappa shape index (κ1) is 12.1. The van der Waals surface area contributed by atoms with Crippen molar-refractivity contribution in [2.45, 2.75) is 18.9 Å². The molecule has 0 radical (unpaired) electrons. The Morgan fingerprint density at radius 3 is 3.06 bits per heavy atom. The Hall–Kier alpha value is -1.33. The van der Waals surface area contributed by atoms with Gasteiger partial charge >= 0.3 is 0 Å². The second-order valence-corrected chi connectivity index (χ2v) is 4.88. The quantitative estimate of drug-likeness (QED) is 0.887. The Bertz CT molecular complexity index is 478. The number of methoxy groups -OCH3 is 1. The fourth-order valence-corrected chi connectivity index (χ4v) is 2.64. The normalized spacial score (nSPS) is 12.6. The number of aromatic nitrogens is 2. The molecular weight excluding hydrogens is 236 g/mol. The molecule has 0 aliphatic rings. The molecule has 0 saturated heterocycles. The van der Waals surface area contributed by atoms with Crippen LogP contribution >= 0.6 is 11.3 Å². The van der Waals surface area contributed by atoms with E-state index >= 15 is 0 Å². The Kier molecular flexibility index (Phi) is 3.81. The van der Waals surface area contributed by atoms with E-state index in [9.17, 15) is 5.11 Å². The van der Waals surface area contributed by atoms with E-state index in [0.717, 1.165) is 22.6 Å². The molecular formula is C12H16N2O2S. The minimum absolute atomic E-state index is 0.467. The second-order valence-electron chi connectivity index (χ2n) is 3.93. The monoisotopic (exact) mass is 252 g/mol. The van der Waals surface area contributed by atoms with Crippen LogP contribution in [0.25, 0.3) is 0 Å². The summed E-state index contributed by atoms with van der Waals surface area (Å²) in [4.78, 5) is 0.899. The third-order valence-electron chi connectivity index (χ3n) is 2.64. The molecule has 17 heavy (non-hydrogen) atoms. The van der Waals surface area contributed by atoms with Gasteiger partial charge in [-0.3, -0.25) is 4.68 Å². The highest BCUT2D eigenvalue weighted by Gasteiger charge is 2.14. The largest absolute Gasteiger partial charge is 0.495 e. The summed E-state index contributed by atoms with van der Waals surface area (Å²) in [5, 5.41) is 16.1. The van der Waals surface area contributed by atoms with Crippen molar-refractivity contribution in [2.75, 3.05) is 7.11 Å². The van der Waals surface area contributed by atoms with Crippen LogP contribution in [0, 0.1) is 0 Å². The van der Waals surface area contributed by atoms with Crippen LogP contribution in [0.4, 0.5) is 0 Å². The first-order valence-electron chi connectivity index (χ1n) is 5.47. The van der Waals surface area contributed by atoms with Crippen molar-refractivity contribution >= 4 is 11.3 Å². The summed E-state index contributed by atoms with van der Waals surface area (Å²) in [6.07, 6.45) is 4.83. The SMILES string of the molecule is COc1ccsc1C(O)CCc1cnn(C)c1. The van der Waals surface area contributed by atoms with Crippen LogP contribution < -0.4 is 4.74 Å². The van der Waals surface area contributed by atoms with Gasteiger partial charge in [0.1, 0.15) is 5.75 Å². The number of aryl methyl sites for hydroxylation is 2. The first-order chi connectivity index (χ1) is 8.20. The van der Waals surface area contributed by atoms with Gasteiger partial charge in [0.25, 0.3) is 0 Å². The summed E-state index contributed by atoms with van der Waals surface area (Å²) in [5.74, 6) is 0.772. The van der Waals surface area contributed by atoms with Crippen LogP contribution in [-0.2, 0) is 13.5 Å². The van der Waals surface area contributed by atoms with Crippen LogP contribution in [0.2, 0.25) is 0 Å². The van der Waals surface area contributed by atoms with Crippen molar-refractivity contribution in [1.29, 1.82) is 0 Å². The molecule has 2 aromatic rings. The molecule has 0 spiro atoms. The fourth-order valence-electron chi connectivity index (χ4n) is 1.76. The Morgan fingerprint density at radius 1 is 1.59 bits per heavy atom. The molecule has 0 amide bonds. The van der Waals surface area contributed by atoms with E-state index in [1.807, 2.05) is 30.9 Å². The predicted octanol–water partition coefficient (Wildman–Crippen LogP) is 2.16. The lowest BCUT2D eigenvalue weighted by Gasteiger charge is -2.09. The van der Waals surface area contributed by atoms with Gasteiger partial charge in [-0.15, -0.1) is 11.3 Å². The Labute approximate surface area is 104 Å². The summed E-state index contributed by atoms with van der Waals surface area (Å²) in [6, 6.07) is 1.88. The number of nitrogens with zero attached hydrogens (tertiary/aromatic N) is 2. The minimum atomic E-state index is -0.467. The summed E-state index contributed by atoms with van der Waals surface area (Å²) < 4.78 is 6.97. The lowest BCUT2D eigenvalue weighted by Crippen LogP contribution is -1.99. The molecule has 0 fully saturated rings. The molecule has 2 aromatic heterocycles. The van der Waals surface area contributed by atoms with Gasteiger partial charge in [-0.25, -0.2) is 0 Å². The minimum Gasteiger partial charge on any atom is -0.495 e. The number of aliphatic hydroxyl groups excluding tert-OH is 1. The van der Waals surface area contributed by atoms with E-state index in [4.69, 9.17) is 4.74 Å². The topological polar surface area (TPSA) is 47.3 Å². The van der Waals surface area contributed by atoms with Crippen molar-refractivity contribution in [3.05, 3.63) is 34.3 Å². The zero-order valence-electron chi connectivity index (χ0n) is 9.96. The van der Waals surface area contributed by atoms with Crippen LogP contribution in [0.5, 0.6) is 5.75 Å². The van der Waals surface area contributed by atoms with Crippen molar-refractivity contribution in [1.82, 2.24) is 9.78 Å². The first-order valence-corrected chi connectivity index (χ1v) is 6.35. The summed E-state index contributed by atoms with van der Waals surface area (Å²) in [6.45, 7) is 0. The van der Waals surface area contributed by atoms with Gasteiger partial charge < -0.3 is 9.84 Å². The molecule has 0 saturated carbocycles. The molecule has 1 atom stereocenters. The van der Waals surface area contributed by atoms with Gasteiger partial charge in [0, 0.05) is 13.2 Å². The lowest BCUT2D eigenvalue weighted by molar-refractivity contribution is 0.168. The number of hydrogen-bond acceptors (Lipinski definition) is 4. The maximum absolute atomic E-state index is 10.1. The Morgan fingerprint density at radius 2 is 2.41 bits per heavy atom. The highest BCUT2D eigenvalue weighted by Crippen LogP contribution is 2.32. The van der Waals surface area contributed by atoms with Crippen LogP contribution in [0.3, 0.4) is 0 Å². The molecule has 2 rings (SSSR count). The number of ether oxygens (including phenoxy) is 1. The molecule has 5 heteroatoms. The molecule has 92 valence electrons. The molecule has 0 aromatic carbocycles. The number of aliphatic hydroxyl groups is 1. The van der Waals surface area contributed by atoms with Crippen molar-refractivity contribution in [2.24, 2.45) is 7.05 Å². The third-order valence-corrected chi connectivity index (χ3v) is 3.64. The Balaban J connectivity index is 1.95. The van der Waals surface area contributed by atoms with E-state index in [2.05, 4.69) is 5.10 Å². The average Bonchev–Trinajstić information content (AvgIpc) is 2.94. The third kappa shape index (κ3) is 2.87. The smallest absolute Gasteiger partial charge is 0.135 e. The zero-order chi connectivity index (χ0) is 12.3. The fraction of sp³-hybridized carbons (Fsp3) is 0.417. The molecule has 2 heterocycles. The van der Waals surface area contributed by atoms with Crippen LogP contribution in [0.1, 0.15) is 23.0 Å². The standard InChI is InChI=1S/C12H16N2O2S/c1-14-8-9(7-13-14)3-4-10(15)12-11(16-2)5-6-17-12/h5-8,10,15H,3-4H2,1-2H3. The van der Waals surface area contributed by atoms with Crippen molar-refractivity contribution < 1.29 is 9.84 Å². The maximum Gasteiger partial charge on any atom is 0.135 e. The molecule has 1 N–H and O–H groups in total. The van der Waals surface area contributed by atoms with Gasteiger partial charge in [-0.05, 0) is 29.9 Å². The number of hydrogen-bond donors (Lipinski definition) is 1. The zero-order valence-corrected chi connectivity index (χ0v) is 10.8. The summed E-state index contributed by atoms with van der Waals surface area (Å²) in [5.41, 5.74) is 1.14. The van der Waals surface area contributed by atoms with Gasteiger partial charge in [0.05, 0.1) is 24.3 Å². The van der Waals surface area contributed by atoms with Gasteiger partial charge in [-0.1, -0.05) is 0 Å². The molecule has 1 unspecified atom stereocenters. The van der Waals surface area contributed by atoms with E-state index < -0.39 is 6.10 Å². The second kappa shape index (κ2) is 5.33. The van der Waals surface area contributed by atoms with E-state index in [1.165, 1.54) is 11.3 Å². The predicted molar refractivity (Wildman–Crippen MR) is 67.4 cm³/mol. The number of thiophene rings is 1. The number of rotatable bonds is 5. The molecule has 0 aliphatic heterocycles. The summed E-state index contributed by atoms with van der Waals surface area (Å²) >= 11 is 1.53. The van der Waals surface area contributed by atoms with E-state index in [0.29, 0.717) is 6.42 Å². The van der Waals surface area contributed by atoms with Gasteiger partial charge in [-0.2, -0.15) is 5.10 Å². The summed E-state index contributed by atoms with van der Waals surface area (Å²) in [7, 11) is 3.52. The van der Waals surface area contributed by atoms with E-state index in [1.54, 1.807) is 11.8 Å². The van der Waals surface area contributed by atoms with E-state index in [-0.39, 0.29) is 0 Å². The lowest BCUT2D eigenvalue weighted by atomic mass is 10.1. The molecule has 4 nitrogen and oxygen atoms in total. The average molecular weight is 252 g/mol. The highest BCUT2D eigenvalue weighted by atomic mass is 32.1. The van der Waals surface area contributed by atoms with Crippen LogP contribution in [-0.4, -0.2) is 22.0 Å². The van der Waals surface area contributed by atoms with Crippen molar-refractivity contribution in [3.8, 4) is 5.75 Å². The van der Waals surface area contributed by atoms with Crippen molar-refractivity contribution in [3.63, 3.8) is 0 Å². The van der Waals surface area contributed by atoms with Gasteiger partial charge in [0.15, 0.2) is 0 Å².